The largest absolute Gasteiger partial charge is 0.404 e. The number of hydrogen-bond acceptors (Lipinski definition) is 6. The van der Waals surface area contributed by atoms with E-state index < -0.39 is 0 Å². The minimum Gasteiger partial charge on any atom is -0.404 e. The zero-order valence-electron chi connectivity index (χ0n) is 19.3. The van der Waals surface area contributed by atoms with Gasteiger partial charge in [-0.15, -0.1) is 6.58 Å². The molecule has 0 saturated carbocycles. The quantitative estimate of drug-likeness (QED) is 0.454. The van der Waals surface area contributed by atoms with Gasteiger partial charge in [-0.1, -0.05) is 19.1 Å². The van der Waals surface area contributed by atoms with Crippen molar-refractivity contribution in [2.45, 2.75) is 19.3 Å². The van der Waals surface area contributed by atoms with E-state index in [9.17, 15) is 10.1 Å². The summed E-state index contributed by atoms with van der Waals surface area (Å²) in [5, 5.41) is 14.0. The lowest BCUT2D eigenvalue weighted by Gasteiger charge is -2.19. The standard InChI is InChI=1S/C26H27N7O/c1-4-17(2)26(34)32-8-7-19(15-32)24-6-5-18(13-30-24)23-9-20(21(10-27)12-29-3)16-33-25(23)22(11-28)14-31-33/h4-6,9-10,12-14,16-17,19H,1,7-8,15,27H2,2-3H3. The molecular weight excluding hydrogens is 426 g/mol. The van der Waals surface area contributed by atoms with Gasteiger partial charge in [-0.25, -0.2) is 4.52 Å². The summed E-state index contributed by atoms with van der Waals surface area (Å²) in [6.07, 6.45) is 10.9. The molecule has 1 aliphatic rings. The summed E-state index contributed by atoms with van der Waals surface area (Å²) in [5.41, 5.74) is 11.2. The molecule has 2 N–H and O–H groups in total. The lowest BCUT2D eigenvalue weighted by molar-refractivity contribution is -0.132. The molecule has 34 heavy (non-hydrogen) atoms. The molecule has 0 aromatic carbocycles. The molecule has 1 amide bonds. The topological polar surface area (TPSA) is 113 Å². The first-order chi connectivity index (χ1) is 16.5. The van der Waals surface area contributed by atoms with Gasteiger partial charge >= 0.3 is 0 Å². The average Bonchev–Trinajstić information content (AvgIpc) is 3.53. The number of nitrogens with two attached hydrogens (primary N) is 1. The monoisotopic (exact) mass is 453 g/mol. The molecule has 1 aliphatic heterocycles. The Morgan fingerprint density at radius 3 is 2.88 bits per heavy atom. The van der Waals surface area contributed by atoms with Crippen molar-refractivity contribution in [2.24, 2.45) is 16.6 Å². The van der Waals surface area contributed by atoms with Crippen LogP contribution in [0.3, 0.4) is 0 Å². The number of amides is 1. The van der Waals surface area contributed by atoms with Gasteiger partial charge in [0.05, 0.1) is 23.2 Å². The number of nitriles is 1. The van der Waals surface area contributed by atoms with Gasteiger partial charge in [0.15, 0.2) is 0 Å². The summed E-state index contributed by atoms with van der Waals surface area (Å²) < 4.78 is 1.69. The Labute approximate surface area is 198 Å². The number of fused-ring (bicyclic) bond motifs is 1. The van der Waals surface area contributed by atoms with E-state index in [2.05, 4.69) is 22.7 Å². The van der Waals surface area contributed by atoms with Crippen LogP contribution in [0, 0.1) is 17.2 Å². The third-order valence-electron chi connectivity index (χ3n) is 6.27. The smallest absolute Gasteiger partial charge is 0.229 e. The molecule has 4 rings (SSSR count). The molecule has 3 aromatic rings. The van der Waals surface area contributed by atoms with E-state index in [4.69, 9.17) is 10.7 Å². The predicted octanol–water partition coefficient (Wildman–Crippen LogP) is 3.41. The summed E-state index contributed by atoms with van der Waals surface area (Å²) in [7, 11) is 1.68. The highest BCUT2D eigenvalue weighted by Crippen LogP contribution is 2.32. The molecule has 2 unspecified atom stereocenters. The van der Waals surface area contributed by atoms with Crippen LogP contribution in [0.4, 0.5) is 0 Å². The highest BCUT2D eigenvalue weighted by Gasteiger charge is 2.29. The number of likely N-dealkylation sites (tertiary alicyclic amines) is 1. The Balaban J connectivity index is 1.69. The van der Waals surface area contributed by atoms with Gasteiger partial charge in [0, 0.05) is 78.8 Å². The van der Waals surface area contributed by atoms with E-state index in [-0.39, 0.29) is 17.7 Å². The molecular formula is C26H27N7O. The minimum atomic E-state index is -0.182. The number of aromatic nitrogens is 3. The molecule has 8 nitrogen and oxygen atoms in total. The van der Waals surface area contributed by atoms with Crippen LogP contribution in [-0.2, 0) is 4.79 Å². The summed E-state index contributed by atoms with van der Waals surface area (Å²) in [5.74, 6) is 0.120. The van der Waals surface area contributed by atoms with E-state index in [1.54, 1.807) is 30.1 Å². The maximum atomic E-state index is 12.5. The SMILES string of the molecule is C=CC(C)C(=O)N1CCC(c2ccc(-c3cc(C(C=NC)=CN)cn4ncc(C#N)c34)cn2)C1. The lowest BCUT2D eigenvalue weighted by atomic mass is 9.98. The van der Waals surface area contributed by atoms with E-state index >= 15 is 0 Å². The van der Waals surface area contributed by atoms with E-state index in [0.29, 0.717) is 17.6 Å². The fraction of sp³-hybridized carbons (Fsp3) is 0.269. The summed E-state index contributed by atoms with van der Waals surface area (Å²) in [6.45, 7) is 6.98. The second kappa shape index (κ2) is 9.71. The summed E-state index contributed by atoms with van der Waals surface area (Å²) in [6, 6.07) is 8.20. The second-order valence-corrected chi connectivity index (χ2v) is 8.38. The van der Waals surface area contributed by atoms with Gasteiger partial charge < -0.3 is 10.6 Å². The number of rotatable bonds is 6. The van der Waals surface area contributed by atoms with Crippen molar-refractivity contribution in [2.75, 3.05) is 20.1 Å². The highest BCUT2D eigenvalue weighted by atomic mass is 16.2. The molecule has 0 radical (unpaired) electrons. The first kappa shape index (κ1) is 22.9. The van der Waals surface area contributed by atoms with Crippen molar-refractivity contribution in [1.82, 2.24) is 19.5 Å². The minimum absolute atomic E-state index is 0.109. The van der Waals surface area contributed by atoms with Gasteiger partial charge in [-0.3, -0.25) is 14.8 Å². The van der Waals surface area contributed by atoms with Crippen LogP contribution in [0.2, 0.25) is 0 Å². The van der Waals surface area contributed by atoms with Crippen LogP contribution in [-0.4, -0.2) is 51.8 Å². The average molecular weight is 454 g/mol. The predicted molar refractivity (Wildman–Crippen MR) is 133 cm³/mol. The fourth-order valence-electron chi connectivity index (χ4n) is 4.33. The first-order valence-corrected chi connectivity index (χ1v) is 11.1. The molecule has 1 saturated heterocycles. The lowest BCUT2D eigenvalue weighted by Crippen LogP contribution is -2.32. The Kier molecular flexibility index (Phi) is 6.55. The Bertz CT molecular complexity index is 1330. The molecule has 1 fully saturated rings. The molecule has 8 heteroatoms. The zero-order valence-corrected chi connectivity index (χ0v) is 19.3. The van der Waals surface area contributed by atoms with Crippen molar-refractivity contribution in [1.29, 1.82) is 5.26 Å². The summed E-state index contributed by atoms with van der Waals surface area (Å²) >= 11 is 0. The van der Waals surface area contributed by atoms with Crippen LogP contribution in [0.25, 0.3) is 22.2 Å². The number of allylic oxidation sites excluding steroid dienone is 1. The molecule has 4 heterocycles. The van der Waals surface area contributed by atoms with Gasteiger partial charge in [-0.2, -0.15) is 10.4 Å². The third kappa shape index (κ3) is 4.20. The zero-order chi connectivity index (χ0) is 24.2. The van der Waals surface area contributed by atoms with Crippen molar-refractivity contribution < 1.29 is 4.79 Å². The Hall–Kier alpha value is -4.25. The highest BCUT2D eigenvalue weighted by molar-refractivity contribution is 6.10. The number of carbonyl (C=O) groups is 1. The van der Waals surface area contributed by atoms with Crippen LogP contribution in [0.15, 0.2) is 60.6 Å². The van der Waals surface area contributed by atoms with Crippen molar-refractivity contribution >= 4 is 23.2 Å². The van der Waals surface area contributed by atoms with Gasteiger partial charge in [0.25, 0.3) is 0 Å². The molecule has 3 aromatic heterocycles. The fourth-order valence-corrected chi connectivity index (χ4v) is 4.33. The van der Waals surface area contributed by atoms with Crippen LogP contribution < -0.4 is 5.73 Å². The van der Waals surface area contributed by atoms with E-state index in [1.807, 2.05) is 42.4 Å². The number of nitrogens with zero attached hydrogens (tertiary/aromatic N) is 6. The van der Waals surface area contributed by atoms with E-state index in [0.717, 1.165) is 40.9 Å². The summed E-state index contributed by atoms with van der Waals surface area (Å²) in [4.78, 5) is 23.2. The number of carbonyl (C=O) groups excluding carboxylic acids is 1. The second-order valence-electron chi connectivity index (χ2n) is 8.38. The van der Waals surface area contributed by atoms with Gasteiger partial charge in [0.2, 0.25) is 5.91 Å². The Morgan fingerprint density at radius 1 is 1.41 bits per heavy atom. The number of pyridine rings is 2. The van der Waals surface area contributed by atoms with Crippen molar-refractivity contribution in [3.05, 3.63) is 72.5 Å². The van der Waals surface area contributed by atoms with Crippen LogP contribution >= 0.6 is 0 Å². The molecule has 0 aliphatic carbocycles. The van der Waals surface area contributed by atoms with Crippen LogP contribution in [0.5, 0.6) is 0 Å². The molecule has 0 spiro atoms. The number of aliphatic imine (C=N–C) groups is 1. The van der Waals surface area contributed by atoms with Gasteiger partial charge in [-0.05, 0) is 18.6 Å². The molecule has 0 bridgehead atoms. The van der Waals surface area contributed by atoms with Crippen LogP contribution in [0.1, 0.15) is 36.1 Å². The maximum absolute atomic E-state index is 12.5. The van der Waals surface area contributed by atoms with Crippen molar-refractivity contribution in [3.63, 3.8) is 0 Å². The van der Waals surface area contributed by atoms with E-state index in [1.165, 1.54) is 6.20 Å². The molecule has 2 atom stereocenters. The maximum Gasteiger partial charge on any atom is 0.229 e. The third-order valence-corrected chi connectivity index (χ3v) is 6.27. The Morgan fingerprint density at radius 2 is 2.24 bits per heavy atom. The normalized spacial score (nSPS) is 17.3. The van der Waals surface area contributed by atoms with Crippen molar-refractivity contribution in [3.8, 4) is 17.2 Å². The first-order valence-electron chi connectivity index (χ1n) is 11.1. The molecule has 172 valence electrons. The number of hydrogen-bond donors (Lipinski definition) is 1. The van der Waals surface area contributed by atoms with Gasteiger partial charge in [0.1, 0.15) is 6.07 Å².